The number of aliphatic hydroxyl groups is 1. The first kappa shape index (κ1) is 12.3. The zero-order chi connectivity index (χ0) is 12.0. The van der Waals surface area contributed by atoms with E-state index in [1.807, 2.05) is 19.1 Å². The lowest BCUT2D eigenvalue weighted by atomic mass is 10.1. The van der Waals surface area contributed by atoms with Crippen LogP contribution in [0.25, 0.3) is 11.3 Å². The summed E-state index contributed by atoms with van der Waals surface area (Å²) in [6, 6.07) is 10.3. The fourth-order valence-electron chi connectivity index (χ4n) is 1.26. The van der Waals surface area contributed by atoms with Crippen molar-refractivity contribution in [2.75, 3.05) is 7.11 Å². The van der Waals surface area contributed by atoms with Crippen LogP contribution in [0.1, 0.15) is 5.56 Å². The third-order valence-corrected chi connectivity index (χ3v) is 2.05. The number of rotatable bonds is 1. The molecule has 0 aliphatic carbocycles. The lowest BCUT2D eigenvalue weighted by Crippen LogP contribution is -1.84. The van der Waals surface area contributed by atoms with Crippen LogP contribution in [-0.2, 0) is 0 Å². The van der Waals surface area contributed by atoms with Gasteiger partial charge in [0.15, 0.2) is 0 Å². The van der Waals surface area contributed by atoms with Crippen LogP contribution in [-0.4, -0.2) is 17.2 Å². The summed E-state index contributed by atoms with van der Waals surface area (Å²) in [4.78, 5) is 4.26. The highest BCUT2D eigenvalue weighted by molar-refractivity contribution is 5.58. The molecule has 2 rings (SSSR count). The fourth-order valence-corrected chi connectivity index (χ4v) is 1.26. The van der Waals surface area contributed by atoms with Crippen LogP contribution < -0.4 is 0 Å². The van der Waals surface area contributed by atoms with Gasteiger partial charge in [-0.15, -0.1) is 0 Å². The second kappa shape index (κ2) is 5.98. The number of hydrogen-bond donors (Lipinski definition) is 1. The number of aromatic nitrogens is 1. The third-order valence-electron chi connectivity index (χ3n) is 2.05. The van der Waals surface area contributed by atoms with Crippen molar-refractivity contribution in [2.24, 2.45) is 0 Å². The molecule has 1 heterocycles. The summed E-state index contributed by atoms with van der Waals surface area (Å²) in [6.07, 6.45) is 1.80. The Morgan fingerprint density at radius 1 is 1.00 bits per heavy atom. The van der Waals surface area contributed by atoms with Crippen LogP contribution in [0, 0.1) is 12.7 Å². The molecule has 2 nitrogen and oxygen atoms in total. The van der Waals surface area contributed by atoms with Crippen molar-refractivity contribution < 1.29 is 9.50 Å². The Kier molecular flexibility index (Phi) is 4.61. The molecule has 0 saturated carbocycles. The molecule has 0 unspecified atom stereocenters. The van der Waals surface area contributed by atoms with E-state index in [2.05, 4.69) is 4.98 Å². The first-order valence-corrected chi connectivity index (χ1v) is 4.89. The van der Waals surface area contributed by atoms with Gasteiger partial charge in [0, 0.05) is 18.9 Å². The molecule has 3 heteroatoms. The molecule has 2 aromatic rings. The summed E-state index contributed by atoms with van der Waals surface area (Å²) in [7, 11) is 1.00. The van der Waals surface area contributed by atoms with Gasteiger partial charge in [-0.05, 0) is 42.8 Å². The van der Waals surface area contributed by atoms with Crippen molar-refractivity contribution in [1.82, 2.24) is 4.98 Å². The van der Waals surface area contributed by atoms with E-state index in [-0.39, 0.29) is 5.82 Å². The van der Waals surface area contributed by atoms with Crippen molar-refractivity contribution in [2.45, 2.75) is 6.92 Å². The van der Waals surface area contributed by atoms with E-state index < -0.39 is 0 Å². The van der Waals surface area contributed by atoms with Gasteiger partial charge in [0.1, 0.15) is 5.82 Å². The van der Waals surface area contributed by atoms with Crippen LogP contribution >= 0.6 is 0 Å². The number of halogens is 1. The Bertz CT molecular complexity index is 379. The molecule has 0 bridgehead atoms. The Hall–Kier alpha value is -1.74. The maximum absolute atomic E-state index is 12.6. The summed E-state index contributed by atoms with van der Waals surface area (Å²) in [5, 5.41) is 7.00. The molecular formula is C13H14FNO. The highest BCUT2D eigenvalue weighted by Crippen LogP contribution is 2.16. The zero-order valence-corrected chi connectivity index (χ0v) is 9.31. The molecule has 16 heavy (non-hydrogen) atoms. The van der Waals surface area contributed by atoms with Crippen LogP contribution in [0.5, 0.6) is 0 Å². The maximum Gasteiger partial charge on any atom is 0.123 e. The second-order valence-electron chi connectivity index (χ2n) is 3.23. The van der Waals surface area contributed by atoms with Crippen molar-refractivity contribution in [3.8, 4) is 11.3 Å². The molecule has 1 aromatic carbocycles. The Morgan fingerprint density at radius 2 is 1.62 bits per heavy atom. The van der Waals surface area contributed by atoms with E-state index in [1.54, 1.807) is 18.3 Å². The van der Waals surface area contributed by atoms with Gasteiger partial charge in [0.05, 0.1) is 5.69 Å². The van der Waals surface area contributed by atoms with Crippen LogP contribution in [0.15, 0.2) is 42.6 Å². The average molecular weight is 219 g/mol. The van der Waals surface area contributed by atoms with Crippen molar-refractivity contribution >= 4 is 0 Å². The van der Waals surface area contributed by atoms with E-state index in [0.29, 0.717) is 0 Å². The van der Waals surface area contributed by atoms with E-state index in [1.165, 1.54) is 12.1 Å². The van der Waals surface area contributed by atoms with Gasteiger partial charge in [-0.2, -0.15) is 0 Å². The maximum atomic E-state index is 12.6. The predicted molar refractivity (Wildman–Crippen MR) is 62.5 cm³/mol. The average Bonchev–Trinajstić information content (AvgIpc) is 2.34. The van der Waals surface area contributed by atoms with Crippen LogP contribution in [0.3, 0.4) is 0 Å². The Balaban J connectivity index is 0.000000606. The summed E-state index contributed by atoms with van der Waals surface area (Å²) < 4.78 is 12.6. The minimum Gasteiger partial charge on any atom is -0.400 e. The van der Waals surface area contributed by atoms with Gasteiger partial charge >= 0.3 is 0 Å². The topological polar surface area (TPSA) is 33.1 Å². The molecule has 0 atom stereocenters. The Labute approximate surface area is 94.4 Å². The van der Waals surface area contributed by atoms with E-state index >= 15 is 0 Å². The number of aryl methyl sites for hydroxylation is 1. The SMILES string of the molecule is CO.Cc1ccc(-c2ccc(F)cc2)nc1. The van der Waals surface area contributed by atoms with Gasteiger partial charge < -0.3 is 5.11 Å². The quantitative estimate of drug-likeness (QED) is 0.800. The lowest BCUT2D eigenvalue weighted by molar-refractivity contribution is 0.399. The van der Waals surface area contributed by atoms with Gasteiger partial charge in [-0.3, -0.25) is 4.98 Å². The molecule has 0 radical (unpaired) electrons. The zero-order valence-electron chi connectivity index (χ0n) is 9.31. The lowest BCUT2D eigenvalue weighted by Gasteiger charge is -2.00. The highest BCUT2D eigenvalue weighted by Gasteiger charge is 1.98. The van der Waals surface area contributed by atoms with Crippen molar-refractivity contribution in [3.05, 3.63) is 54.0 Å². The molecule has 0 amide bonds. The van der Waals surface area contributed by atoms with E-state index in [0.717, 1.165) is 23.9 Å². The second-order valence-corrected chi connectivity index (χ2v) is 3.23. The van der Waals surface area contributed by atoms with Gasteiger partial charge in [0.2, 0.25) is 0 Å². The minimum absolute atomic E-state index is 0.221. The first-order valence-electron chi connectivity index (χ1n) is 4.89. The van der Waals surface area contributed by atoms with Gasteiger partial charge in [-0.25, -0.2) is 4.39 Å². The third kappa shape index (κ3) is 3.14. The first-order chi connectivity index (χ1) is 7.75. The number of hydrogen-bond acceptors (Lipinski definition) is 2. The molecule has 0 fully saturated rings. The molecule has 1 N–H and O–H groups in total. The number of pyridine rings is 1. The van der Waals surface area contributed by atoms with Crippen LogP contribution in [0.2, 0.25) is 0 Å². The van der Waals surface area contributed by atoms with Gasteiger partial charge in [-0.1, -0.05) is 6.07 Å². The molecule has 0 aliphatic rings. The Morgan fingerprint density at radius 3 is 2.12 bits per heavy atom. The number of nitrogens with zero attached hydrogens (tertiary/aromatic N) is 1. The van der Waals surface area contributed by atoms with E-state index in [4.69, 9.17) is 5.11 Å². The van der Waals surface area contributed by atoms with Crippen molar-refractivity contribution in [3.63, 3.8) is 0 Å². The molecule has 84 valence electrons. The van der Waals surface area contributed by atoms with E-state index in [9.17, 15) is 4.39 Å². The molecule has 0 aliphatic heterocycles. The summed E-state index contributed by atoms with van der Waals surface area (Å²) in [5.74, 6) is -0.221. The number of benzene rings is 1. The largest absolute Gasteiger partial charge is 0.400 e. The predicted octanol–water partition coefficient (Wildman–Crippen LogP) is 2.80. The summed E-state index contributed by atoms with van der Waals surface area (Å²) in [6.45, 7) is 1.99. The van der Waals surface area contributed by atoms with Crippen molar-refractivity contribution in [1.29, 1.82) is 0 Å². The summed E-state index contributed by atoms with van der Waals surface area (Å²) in [5.41, 5.74) is 2.93. The van der Waals surface area contributed by atoms with Crippen LogP contribution in [0.4, 0.5) is 4.39 Å². The standard InChI is InChI=1S/C12H10FN.CH4O/c1-9-2-7-12(14-8-9)10-3-5-11(13)6-4-10;1-2/h2-8H,1H3;2H,1H3. The normalized spacial score (nSPS) is 9.25. The minimum atomic E-state index is -0.221. The molecular weight excluding hydrogens is 205 g/mol. The molecule has 0 saturated heterocycles. The smallest absolute Gasteiger partial charge is 0.123 e. The molecule has 1 aromatic heterocycles. The molecule has 0 spiro atoms. The fraction of sp³-hybridized carbons (Fsp3) is 0.154. The highest BCUT2D eigenvalue weighted by atomic mass is 19.1. The van der Waals surface area contributed by atoms with Gasteiger partial charge in [0.25, 0.3) is 0 Å². The monoisotopic (exact) mass is 219 g/mol. The summed E-state index contributed by atoms with van der Waals surface area (Å²) >= 11 is 0. The number of aliphatic hydroxyl groups excluding tert-OH is 1.